The van der Waals surface area contributed by atoms with Crippen LogP contribution in [0.25, 0.3) is 0 Å². The molecular weight excluding hydrogens is 162 g/mol. The summed E-state index contributed by atoms with van der Waals surface area (Å²) in [4.78, 5) is 13.4. The van der Waals surface area contributed by atoms with Crippen LogP contribution in [-0.2, 0) is 4.79 Å². The maximum Gasteiger partial charge on any atom is 0.234 e. The van der Waals surface area contributed by atoms with E-state index in [1.807, 2.05) is 0 Å². The number of carbonyl (C=O) groups excluding carboxylic acids is 1. The van der Waals surface area contributed by atoms with Gasteiger partial charge in [0.1, 0.15) is 0 Å². The van der Waals surface area contributed by atoms with Crippen LogP contribution in [0.3, 0.4) is 0 Å². The molecule has 0 fully saturated rings. The highest BCUT2D eigenvalue weighted by Gasteiger charge is 2.18. The van der Waals surface area contributed by atoms with Gasteiger partial charge in [-0.15, -0.1) is 0 Å². The van der Waals surface area contributed by atoms with Gasteiger partial charge in [0.15, 0.2) is 0 Å². The molecule has 0 bridgehead atoms. The Labute approximate surface area is 81.4 Å². The molecule has 0 aliphatic carbocycles. The van der Waals surface area contributed by atoms with Gasteiger partial charge in [-0.25, -0.2) is 9.79 Å². The second-order valence-electron chi connectivity index (χ2n) is 4.59. The summed E-state index contributed by atoms with van der Waals surface area (Å²) in [6, 6.07) is 0. The van der Waals surface area contributed by atoms with E-state index in [-0.39, 0.29) is 0 Å². The van der Waals surface area contributed by atoms with E-state index in [0.717, 1.165) is 6.42 Å². The van der Waals surface area contributed by atoms with Crippen LogP contribution in [0.2, 0.25) is 0 Å². The molecule has 2 nitrogen and oxygen atoms in total. The molecule has 0 aliphatic heterocycles. The smallest absolute Gasteiger partial charge is 0.211 e. The first kappa shape index (κ1) is 12.4. The molecule has 0 aromatic rings. The van der Waals surface area contributed by atoms with E-state index in [0.29, 0.717) is 17.9 Å². The summed E-state index contributed by atoms with van der Waals surface area (Å²) < 4.78 is 0. The van der Waals surface area contributed by atoms with Gasteiger partial charge >= 0.3 is 0 Å². The lowest BCUT2D eigenvalue weighted by Gasteiger charge is -2.26. The monoisotopic (exact) mass is 183 g/mol. The van der Waals surface area contributed by atoms with E-state index in [1.54, 1.807) is 6.08 Å². The number of isocyanates is 1. The van der Waals surface area contributed by atoms with Crippen LogP contribution in [0.1, 0.15) is 47.0 Å². The molecule has 0 heterocycles. The molecule has 0 rings (SSSR count). The van der Waals surface area contributed by atoms with Gasteiger partial charge in [0.05, 0.1) is 6.54 Å². The standard InChI is InChI=1S/C11H21NO/c1-5-11(3,4)8-10(2)6-7-12-9-13/h10H,5-8H2,1-4H3. The Kier molecular flexibility index (Phi) is 5.65. The van der Waals surface area contributed by atoms with Gasteiger partial charge in [0, 0.05) is 0 Å². The minimum atomic E-state index is 0.421. The predicted molar refractivity (Wildman–Crippen MR) is 55.5 cm³/mol. The van der Waals surface area contributed by atoms with Crippen molar-refractivity contribution in [3.8, 4) is 0 Å². The third-order valence-corrected chi connectivity index (χ3v) is 2.66. The maximum atomic E-state index is 9.84. The fraction of sp³-hybridized carbons (Fsp3) is 0.909. The largest absolute Gasteiger partial charge is 0.234 e. The lowest BCUT2D eigenvalue weighted by atomic mass is 9.80. The van der Waals surface area contributed by atoms with Crippen molar-refractivity contribution in [1.29, 1.82) is 0 Å². The van der Waals surface area contributed by atoms with Gasteiger partial charge in [-0.3, -0.25) is 0 Å². The van der Waals surface area contributed by atoms with Crippen molar-refractivity contribution in [3.05, 3.63) is 0 Å². The van der Waals surface area contributed by atoms with Gasteiger partial charge in [0.2, 0.25) is 6.08 Å². The number of hydrogen-bond acceptors (Lipinski definition) is 2. The highest BCUT2D eigenvalue weighted by molar-refractivity contribution is 5.32. The molecule has 0 N–H and O–H groups in total. The summed E-state index contributed by atoms with van der Waals surface area (Å²) in [5.74, 6) is 0.645. The van der Waals surface area contributed by atoms with Gasteiger partial charge in [-0.2, -0.15) is 0 Å². The zero-order valence-corrected chi connectivity index (χ0v) is 9.26. The first-order valence-electron chi connectivity index (χ1n) is 5.05. The molecule has 0 radical (unpaired) electrons. The molecule has 0 amide bonds. The quantitative estimate of drug-likeness (QED) is 0.459. The molecule has 1 unspecified atom stereocenters. The molecule has 0 saturated carbocycles. The Morgan fingerprint density at radius 1 is 1.46 bits per heavy atom. The van der Waals surface area contributed by atoms with Crippen molar-refractivity contribution >= 4 is 6.08 Å². The van der Waals surface area contributed by atoms with Crippen molar-refractivity contribution in [2.75, 3.05) is 6.54 Å². The van der Waals surface area contributed by atoms with Crippen molar-refractivity contribution < 1.29 is 4.79 Å². The molecule has 0 saturated heterocycles. The molecule has 13 heavy (non-hydrogen) atoms. The first-order valence-corrected chi connectivity index (χ1v) is 5.05. The highest BCUT2D eigenvalue weighted by Crippen LogP contribution is 2.29. The van der Waals surface area contributed by atoms with E-state index in [4.69, 9.17) is 0 Å². The topological polar surface area (TPSA) is 29.4 Å². The van der Waals surface area contributed by atoms with E-state index < -0.39 is 0 Å². The number of aliphatic imine (C=N–C) groups is 1. The molecular formula is C11H21NO. The summed E-state index contributed by atoms with van der Waals surface area (Å²) in [5, 5.41) is 0. The molecule has 2 heteroatoms. The summed E-state index contributed by atoms with van der Waals surface area (Å²) in [5.41, 5.74) is 0.421. The molecule has 1 atom stereocenters. The van der Waals surface area contributed by atoms with Crippen LogP contribution in [0.4, 0.5) is 0 Å². The molecule has 0 aliphatic rings. The lowest BCUT2D eigenvalue weighted by Crippen LogP contribution is -2.14. The van der Waals surface area contributed by atoms with Crippen LogP contribution in [0.5, 0.6) is 0 Å². The van der Waals surface area contributed by atoms with Crippen LogP contribution in [0, 0.1) is 11.3 Å². The van der Waals surface area contributed by atoms with Crippen LogP contribution < -0.4 is 0 Å². The fourth-order valence-corrected chi connectivity index (χ4v) is 1.52. The Morgan fingerprint density at radius 2 is 2.08 bits per heavy atom. The van der Waals surface area contributed by atoms with Crippen molar-refractivity contribution in [2.24, 2.45) is 16.3 Å². The van der Waals surface area contributed by atoms with Gasteiger partial charge in [-0.1, -0.05) is 34.1 Å². The Balaban J connectivity index is 3.73. The van der Waals surface area contributed by atoms with E-state index >= 15 is 0 Å². The van der Waals surface area contributed by atoms with Crippen LogP contribution in [-0.4, -0.2) is 12.6 Å². The minimum Gasteiger partial charge on any atom is -0.211 e. The fourth-order valence-electron chi connectivity index (χ4n) is 1.52. The van der Waals surface area contributed by atoms with Crippen LogP contribution >= 0.6 is 0 Å². The maximum absolute atomic E-state index is 9.84. The van der Waals surface area contributed by atoms with Crippen molar-refractivity contribution in [3.63, 3.8) is 0 Å². The van der Waals surface area contributed by atoms with Gasteiger partial charge in [-0.05, 0) is 24.2 Å². The molecule has 0 aromatic heterocycles. The number of rotatable bonds is 6. The Bertz CT molecular complexity index is 181. The Hall–Kier alpha value is -0.620. The molecule has 0 aromatic carbocycles. The van der Waals surface area contributed by atoms with Gasteiger partial charge in [0.25, 0.3) is 0 Å². The average molecular weight is 183 g/mol. The summed E-state index contributed by atoms with van der Waals surface area (Å²) in [7, 11) is 0. The second kappa shape index (κ2) is 5.93. The number of hydrogen-bond donors (Lipinski definition) is 0. The number of nitrogens with zero attached hydrogens (tertiary/aromatic N) is 1. The summed E-state index contributed by atoms with van der Waals surface area (Å²) >= 11 is 0. The predicted octanol–water partition coefficient (Wildman–Crippen LogP) is 3.17. The van der Waals surface area contributed by atoms with Crippen molar-refractivity contribution in [1.82, 2.24) is 0 Å². The lowest BCUT2D eigenvalue weighted by molar-refractivity contribution is 0.261. The van der Waals surface area contributed by atoms with E-state index in [1.165, 1.54) is 12.8 Å². The third kappa shape index (κ3) is 6.53. The molecule has 0 spiro atoms. The normalized spacial score (nSPS) is 13.5. The summed E-state index contributed by atoms with van der Waals surface area (Å²) in [6.45, 7) is 9.64. The summed E-state index contributed by atoms with van der Waals surface area (Å²) in [6.07, 6.45) is 4.98. The van der Waals surface area contributed by atoms with Crippen molar-refractivity contribution in [2.45, 2.75) is 47.0 Å². The van der Waals surface area contributed by atoms with Crippen LogP contribution in [0.15, 0.2) is 4.99 Å². The average Bonchev–Trinajstić information content (AvgIpc) is 2.04. The molecule has 76 valence electrons. The zero-order valence-electron chi connectivity index (χ0n) is 9.26. The Morgan fingerprint density at radius 3 is 2.54 bits per heavy atom. The SMILES string of the molecule is CCC(C)(C)CC(C)CCN=C=O. The highest BCUT2D eigenvalue weighted by atomic mass is 16.1. The van der Waals surface area contributed by atoms with E-state index in [9.17, 15) is 4.79 Å². The van der Waals surface area contributed by atoms with E-state index in [2.05, 4.69) is 32.7 Å². The first-order chi connectivity index (χ1) is 6.02. The van der Waals surface area contributed by atoms with Gasteiger partial charge < -0.3 is 0 Å². The second-order valence-corrected chi connectivity index (χ2v) is 4.59. The third-order valence-electron chi connectivity index (χ3n) is 2.66. The minimum absolute atomic E-state index is 0.421. The zero-order chi connectivity index (χ0) is 10.3.